The number of methoxy groups -OCH3 is 1. The van der Waals surface area contributed by atoms with E-state index >= 15 is 0 Å². The fourth-order valence-corrected chi connectivity index (χ4v) is 2.23. The molecule has 2 rings (SSSR count). The average Bonchev–Trinajstić information content (AvgIpc) is 2.66. The predicted molar refractivity (Wildman–Crippen MR) is 93.0 cm³/mol. The molecule has 0 spiro atoms. The highest BCUT2D eigenvalue weighted by atomic mass is 16.5. The lowest BCUT2D eigenvalue weighted by atomic mass is 10.1. The zero-order valence-corrected chi connectivity index (χ0v) is 14.4. The van der Waals surface area contributed by atoms with Crippen molar-refractivity contribution in [3.05, 3.63) is 59.2 Å². The quantitative estimate of drug-likeness (QED) is 0.790. The molecule has 0 saturated carbocycles. The van der Waals surface area contributed by atoms with E-state index in [1.165, 1.54) is 13.2 Å². The van der Waals surface area contributed by atoms with Crippen LogP contribution in [0.25, 0.3) is 0 Å². The van der Waals surface area contributed by atoms with Crippen LogP contribution in [-0.4, -0.2) is 30.2 Å². The van der Waals surface area contributed by atoms with E-state index in [9.17, 15) is 14.7 Å². The highest BCUT2D eigenvalue weighted by Crippen LogP contribution is 2.20. The van der Waals surface area contributed by atoms with Gasteiger partial charge in [-0.3, -0.25) is 4.79 Å². The summed E-state index contributed by atoms with van der Waals surface area (Å²) in [5.74, 6) is -0.719. The van der Waals surface area contributed by atoms with Crippen LogP contribution in [0.5, 0.6) is 11.5 Å². The van der Waals surface area contributed by atoms with Crippen molar-refractivity contribution in [3.8, 4) is 17.6 Å². The fraction of sp³-hybridized carbons (Fsp3) is 0.211. The van der Waals surface area contributed by atoms with E-state index in [1.54, 1.807) is 43.3 Å². The van der Waals surface area contributed by atoms with Gasteiger partial charge in [0.1, 0.15) is 17.1 Å². The second-order valence-electron chi connectivity index (χ2n) is 5.45. The van der Waals surface area contributed by atoms with Crippen molar-refractivity contribution in [1.82, 2.24) is 5.32 Å². The Hall–Kier alpha value is -3.53. The van der Waals surface area contributed by atoms with Crippen LogP contribution < -0.4 is 14.8 Å². The summed E-state index contributed by atoms with van der Waals surface area (Å²) in [5, 5.41) is 20.6. The number of carbonyl (C=O) groups is 2. The molecule has 1 unspecified atom stereocenters. The van der Waals surface area contributed by atoms with Gasteiger partial charge in [0.15, 0.2) is 6.10 Å². The maximum atomic E-state index is 12.2. The van der Waals surface area contributed by atoms with Crippen molar-refractivity contribution in [1.29, 1.82) is 5.26 Å². The van der Waals surface area contributed by atoms with Crippen molar-refractivity contribution in [2.75, 3.05) is 7.11 Å². The smallest absolute Gasteiger partial charge is 0.339 e. The van der Waals surface area contributed by atoms with Crippen molar-refractivity contribution >= 4 is 11.9 Å². The topological polar surface area (TPSA) is 109 Å². The number of nitrogens with zero attached hydrogens (tertiary/aromatic N) is 1. The van der Waals surface area contributed by atoms with Gasteiger partial charge in [-0.1, -0.05) is 6.07 Å². The van der Waals surface area contributed by atoms with Crippen LogP contribution in [0, 0.1) is 11.3 Å². The van der Waals surface area contributed by atoms with Gasteiger partial charge in [-0.05, 0) is 48.9 Å². The van der Waals surface area contributed by atoms with Gasteiger partial charge in [0.2, 0.25) is 0 Å². The average molecular weight is 354 g/mol. The third-order valence-corrected chi connectivity index (χ3v) is 3.63. The normalized spacial score (nSPS) is 11.1. The number of nitrogens with one attached hydrogen (secondary N) is 1. The summed E-state index contributed by atoms with van der Waals surface area (Å²) in [6.45, 7) is 1.76. The summed E-state index contributed by atoms with van der Waals surface area (Å²) >= 11 is 0. The molecule has 0 radical (unpaired) electrons. The van der Waals surface area contributed by atoms with Gasteiger partial charge < -0.3 is 19.9 Å². The van der Waals surface area contributed by atoms with Gasteiger partial charge in [0.25, 0.3) is 5.91 Å². The Kier molecular flexibility index (Phi) is 6.17. The molecule has 7 heteroatoms. The number of carboxylic acid groups (broad SMARTS) is 1. The molecule has 26 heavy (non-hydrogen) atoms. The van der Waals surface area contributed by atoms with Crippen molar-refractivity contribution in [2.24, 2.45) is 0 Å². The number of aromatic carboxylic acids is 1. The molecule has 0 aliphatic heterocycles. The van der Waals surface area contributed by atoms with Gasteiger partial charge in [-0.15, -0.1) is 0 Å². The number of ether oxygens (including phenoxy) is 2. The molecule has 0 aromatic heterocycles. The molecule has 0 fully saturated rings. The minimum atomic E-state index is -1.10. The summed E-state index contributed by atoms with van der Waals surface area (Å²) in [5.41, 5.74) is 1.16. The number of benzene rings is 2. The SMILES string of the molecule is COc1ccc(CNC(=O)C(C)Oc2ccc(C#N)cc2)cc1C(=O)O. The van der Waals surface area contributed by atoms with Crippen LogP contribution in [0.4, 0.5) is 0 Å². The number of nitriles is 1. The molecule has 134 valence electrons. The van der Waals surface area contributed by atoms with Crippen LogP contribution in [-0.2, 0) is 11.3 Å². The highest BCUT2D eigenvalue weighted by Gasteiger charge is 2.16. The summed E-state index contributed by atoms with van der Waals surface area (Å²) in [4.78, 5) is 23.4. The third kappa shape index (κ3) is 4.74. The third-order valence-electron chi connectivity index (χ3n) is 3.63. The van der Waals surface area contributed by atoms with Gasteiger partial charge in [-0.2, -0.15) is 5.26 Å². The lowest BCUT2D eigenvalue weighted by Gasteiger charge is -2.15. The molecule has 0 saturated heterocycles. The molecule has 0 bridgehead atoms. The van der Waals surface area contributed by atoms with Gasteiger partial charge >= 0.3 is 5.97 Å². The zero-order chi connectivity index (χ0) is 19.1. The van der Waals surface area contributed by atoms with Crippen LogP contribution in [0.15, 0.2) is 42.5 Å². The number of carboxylic acids is 1. The van der Waals surface area contributed by atoms with Crippen molar-refractivity contribution in [2.45, 2.75) is 19.6 Å². The molecule has 0 aliphatic carbocycles. The minimum absolute atomic E-state index is 0.0288. The summed E-state index contributed by atoms with van der Waals surface area (Å²) in [7, 11) is 1.39. The first kappa shape index (κ1) is 18.8. The van der Waals surface area contributed by atoms with Gasteiger partial charge in [0.05, 0.1) is 18.7 Å². The Bertz CT molecular complexity index is 840. The monoisotopic (exact) mass is 354 g/mol. The molecular formula is C19H18N2O5. The largest absolute Gasteiger partial charge is 0.496 e. The zero-order valence-electron chi connectivity index (χ0n) is 14.4. The Labute approximate surface area is 150 Å². The number of carbonyl (C=O) groups excluding carboxylic acids is 1. The molecular weight excluding hydrogens is 336 g/mol. The van der Waals surface area contributed by atoms with E-state index in [-0.39, 0.29) is 23.8 Å². The molecule has 7 nitrogen and oxygen atoms in total. The molecule has 0 heterocycles. The lowest BCUT2D eigenvalue weighted by Crippen LogP contribution is -2.35. The van der Waals surface area contributed by atoms with E-state index in [1.807, 2.05) is 6.07 Å². The molecule has 2 N–H and O–H groups in total. The summed E-state index contributed by atoms with van der Waals surface area (Å²) < 4.78 is 10.5. The Balaban J connectivity index is 1.96. The Morgan fingerprint density at radius 2 is 1.92 bits per heavy atom. The van der Waals surface area contributed by atoms with Gasteiger partial charge in [-0.25, -0.2) is 4.79 Å². The lowest BCUT2D eigenvalue weighted by molar-refractivity contribution is -0.127. The molecule has 2 aromatic rings. The first-order valence-electron chi connectivity index (χ1n) is 7.79. The maximum absolute atomic E-state index is 12.2. The first-order chi connectivity index (χ1) is 12.4. The first-order valence-corrected chi connectivity index (χ1v) is 7.79. The van der Waals surface area contributed by atoms with E-state index in [2.05, 4.69) is 5.32 Å². The Morgan fingerprint density at radius 1 is 1.23 bits per heavy atom. The van der Waals surface area contributed by atoms with E-state index in [0.29, 0.717) is 16.9 Å². The maximum Gasteiger partial charge on any atom is 0.339 e. The van der Waals surface area contributed by atoms with Crippen molar-refractivity contribution < 1.29 is 24.2 Å². The highest BCUT2D eigenvalue weighted by molar-refractivity contribution is 5.91. The molecule has 1 atom stereocenters. The van der Waals surface area contributed by atoms with Gasteiger partial charge in [0, 0.05) is 6.54 Å². The molecule has 2 aromatic carbocycles. The van der Waals surface area contributed by atoms with Crippen molar-refractivity contribution in [3.63, 3.8) is 0 Å². The number of rotatable bonds is 7. The second kappa shape index (κ2) is 8.53. The second-order valence-corrected chi connectivity index (χ2v) is 5.45. The van der Waals surface area contributed by atoms with E-state index < -0.39 is 12.1 Å². The fourth-order valence-electron chi connectivity index (χ4n) is 2.23. The predicted octanol–water partition coefficient (Wildman–Crippen LogP) is 2.35. The van der Waals surface area contributed by atoms with E-state index in [4.69, 9.17) is 14.7 Å². The number of hydrogen-bond donors (Lipinski definition) is 2. The van der Waals surface area contributed by atoms with Crippen LogP contribution >= 0.6 is 0 Å². The standard InChI is InChI=1S/C19H18N2O5/c1-12(26-15-6-3-13(10-20)4-7-15)18(22)21-11-14-5-8-17(25-2)16(9-14)19(23)24/h3-9,12H,11H2,1-2H3,(H,21,22)(H,23,24). The number of hydrogen-bond acceptors (Lipinski definition) is 5. The summed E-state index contributed by atoms with van der Waals surface area (Å²) in [6.07, 6.45) is -0.750. The minimum Gasteiger partial charge on any atom is -0.496 e. The van der Waals surface area contributed by atoms with Crippen LogP contribution in [0.3, 0.4) is 0 Å². The Morgan fingerprint density at radius 3 is 2.50 bits per heavy atom. The van der Waals surface area contributed by atoms with Crippen LogP contribution in [0.2, 0.25) is 0 Å². The molecule has 1 amide bonds. The summed E-state index contributed by atoms with van der Waals surface area (Å²) in [6, 6.07) is 13.1. The molecule has 0 aliphatic rings. The van der Waals surface area contributed by atoms with Crippen LogP contribution in [0.1, 0.15) is 28.4 Å². The van der Waals surface area contributed by atoms with E-state index in [0.717, 1.165) is 0 Å². The number of amides is 1.